The summed E-state index contributed by atoms with van der Waals surface area (Å²) < 4.78 is 13.2. The van der Waals surface area contributed by atoms with Crippen molar-refractivity contribution < 1.29 is 9.18 Å². The first-order valence-electron chi connectivity index (χ1n) is 3.58. The Labute approximate surface area is 71.8 Å². The highest BCUT2D eigenvalue weighted by molar-refractivity contribution is 5.48. The molecular weight excluding hydrogens is 179 g/mol. The largest absolute Gasteiger partial charge is 0.328 e. The number of nitrogens with one attached hydrogen (secondary N) is 1. The number of hydrogen-bond donors (Lipinski definition) is 1. The molecule has 1 aromatic rings. The Balaban J connectivity index is 3.18. The van der Waals surface area contributed by atoms with E-state index in [-0.39, 0.29) is 13.0 Å². The van der Waals surface area contributed by atoms with Crippen LogP contribution in [0.1, 0.15) is 6.42 Å². The number of nitrogens with zero attached hydrogens (tertiary/aromatic N) is 1. The molecule has 13 heavy (non-hydrogen) atoms. The van der Waals surface area contributed by atoms with E-state index < -0.39 is 17.1 Å². The topological polar surface area (TPSA) is 71.9 Å². The highest BCUT2D eigenvalue weighted by Crippen LogP contribution is 1.82. The Morgan fingerprint density at radius 3 is 2.85 bits per heavy atom. The molecule has 0 atom stereocenters. The van der Waals surface area contributed by atoms with E-state index in [2.05, 4.69) is 0 Å². The summed E-state index contributed by atoms with van der Waals surface area (Å²) in [7, 11) is 0. The van der Waals surface area contributed by atoms with Crippen LogP contribution in [0.15, 0.2) is 15.8 Å². The van der Waals surface area contributed by atoms with Gasteiger partial charge in [0.1, 0.15) is 6.29 Å². The zero-order valence-electron chi connectivity index (χ0n) is 6.62. The highest BCUT2D eigenvalue weighted by Gasteiger charge is 2.05. The molecule has 0 bridgehead atoms. The molecule has 0 saturated heterocycles. The second kappa shape index (κ2) is 3.79. The van der Waals surface area contributed by atoms with Crippen molar-refractivity contribution in [2.24, 2.45) is 0 Å². The molecule has 1 N–H and O–H groups in total. The standard InChI is InChI=1S/C7H7FN2O3/c8-5-4-9-7(13)10(6(5)12)2-1-3-11/h3-4H,1-2H2,(H,9,13). The van der Waals surface area contributed by atoms with E-state index >= 15 is 0 Å². The first-order valence-corrected chi connectivity index (χ1v) is 3.58. The van der Waals surface area contributed by atoms with Gasteiger partial charge in [0, 0.05) is 19.2 Å². The molecule has 0 aliphatic heterocycles. The normalized spacial score (nSPS) is 9.92. The molecule has 1 heterocycles. The fourth-order valence-corrected chi connectivity index (χ4v) is 0.871. The number of rotatable bonds is 3. The van der Waals surface area contributed by atoms with E-state index in [1.54, 1.807) is 0 Å². The quantitative estimate of drug-likeness (QED) is 0.632. The monoisotopic (exact) mass is 186 g/mol. The maximum absolute atomic E-state index is 12.6. The molecule has 0 unspecified atom stereocenters. The Kier molecular flexibility index (Phi) is 2.73. The Morgan fingerprint density at radius 2 is 2.23 bits per heavy atom. The molecule has 0 aromatic carbocycles. The van der Waals surface area contributed by atoms with Crippen molar-refractivity contribution in [1.82, 2.24) is 9.55 Å². The minimum absolute atomic E-state index is 0.00639. The average molecular weight is 186 g/mol. The van der Waals surface area contributed by atoms with Gasteiger partial charge >= 0.3 is 5.69 Å². The summed E-state index contributed by atoms with van der Waals surface area (Å²) in [5.74, 6) is -1.04. The lowest BCUT2D eigenvalue weighted by Crippen LogP contribution is -2.36. The van der Waals surface area contributed by atoms with Crippen LogP contribution in [-0.4, -0.2) is 15.8 Å². The average Bonchev–Trinajstić information content (AvgIpc) is 2.12. The number of carbonyl (C=O) groups is 1. The second-order valence-electron chi connectivity index (χ2n) is 2.35. The van der Waals surface area contributed by atoms with Crippen molar-refractivity contribution in [3.63, 3.8) is 0 Å². The third-order valence-electron chi connectivity index (χ3n) is 1.49. The van der Waals surface area contributed by atoms with Crippen LogP contribution < -0.4 is 11.2 Å². The van der Waals surface area contributed by atoms with Crippen LogP contribution in [-0.2, 0) is 11.3 Å². The zero-order chi connectivity index (χ0) is 9.84. The summed E-state index contributed by atoms with van der Waals surface area (Å²) in [5, 5.41) is 0. The number of aromatic nitrogens is 2. The van der Waals surface area contributed by atoms with Gasteiger partial charge in [0.2, 0.25) is 5.82 Å². The number of carbonyl (C=O) groups excluding carboxylic acids is 1. The summed E-state index contributed by atoms with van der Waals surface area (Å²) in [5.41, 5.74) is -1.72. The smallest absolute Gasteiger partial charge is 0.311 e. The molecule has 70 valence electrons. The number of aromatic amines is 1. The van der Waals surface area contributed by atoms with Gasteiger partial charge in [-0.1, -0.05) is 0 Å². The van der Waals surface area contributed by atoms with Gasteiger partial charge in [-0.15, -0.1) is 0 Å². The Hall–Kier alpha value is -1.72. The second-order valence-corrected chi connectivity index (χ2v) is 2.35. The van der Waals surface area contributed by atoms with E-state index in [1.165, 1.54) is 0 Å². The number of H-pyrrole nitrogens is 1. The number of halogens is 1. The molecule has 0 radical (unpaired) electrons. The lowest BCUT2D eigenvalue weighted by Gasteiger charge is -1.99. The highest BCUT2D eigenvalue weighted by atomic mass is 19.1. The predicted molar refractivity (Wildman–Crippen MR) is 42.0 cm³/mol. The molecule has 6 heteroatoms. The Bertz CT molecular complexity index is 420. The first-order chi connectivity index (χ1) is 6.16. The zero-order valence-corrected chi connectivity index (χ0v) is 6.62. The van der Waals surface area contributed by atoms with Gasteiger partial charge in [-0.2, -0.15) is 4.39 Å². The number of aldehydes is 1. The Morgan fingerprint density at radius 1 is 1.54 bits per heavy atom. The predicted octanol–water partition coefficient (Wildman–Crippen LogP) is -0.735. The third-order valence-corrected chi connectivity index (χ3v) is 1.49. The fourth-order valence-electron chi connectivity index (χ4n) is 0.871. The fraction of sp³-hybridized carbons (Fsp3) is 0.286. The summed E-state index contributed by atoms with van der Waals surface area (Å²) in [4.78, 5) is 33.9. The molecule has 0 amide bonds. The van der Waals surface area contributed by atoms with Crippen LogP contribution >= 0.6 is 0 Å². The summed E-state index contributed by atoms with van der Waals surface area (Å²) >= 11 is 0. The van der Waals surface area contributed by atoms with Crippen molar-refractivity contribution in [2.75, 3.05) is 0 Å². The maximum atomic E-state index is 12.6. The van der Waals surface area contributed by atoms with Crippen LogP contribution in [0.5, 0.6) is 0 Å². The van der Waals surface area contributed by atoms with Crippen LogP contribution in [0, 0.1) is 5.82 Å². The van der Waals surface area contributed by atoms with E-state index in [0.717, 1.165) is 0 Å². The van der Waals surface area contributed by atoms with E-state index in [4.69, 9.17) is 0 Å². The van der Waals surface area contributed by atoms with Gasteiger partial charge in [0.15, 0.2) is 0 Å². The van der Waals surface area contributed by atoms with Crippen LogP contribution in [0.25, 0.3) is 0 Å². The molecule has 0 spiro atoms. The lowest BCUT2D eigenvalue weighted by atomic mass is 10.4. The van der Waals surface area contributed by atoms with Crippen LogP contribution in [0.3, 0.4) is 0 Å². The van der Waals surface area contributed by atoms with Gasteiger partial charge < -0.3 is 9.78 Å². The molecule has 0 saturated carbocycles. The molecule has 5 nitrogen and oxygen atoms in total. The SMILES string of the molecule is O=CCCn1c(=O)[nH]cc(F)c1=O. The van der Waals surface area contributed by atoms with E-state index in [0.29, 0.717) is 17.1 Å². The number of hydrogen-bond acceptors (Lipinski definition) is 3. The molecular formula is C7H7FN2O3. The van der Waals surface area contributed by atoms with Gasteiger partial charge in [0.25, 0.3) is 5.56 Å². The van der Waals surface area contributed by atoms with Gasteiger partial charge in [-0.05, 0) is 0 Å². The van der Waals surface area contributed by atoms with Crippen molar-refractivity contribution in [3.05, 3.63) is 32.9 Å². The lowest BCUT2D eigenvalue weighted by molar-refractivity contribution is -0.108. The van der Waals surface area contributed by atoms with Crippen molar-refractivity contribution in [3.8, 4) is 0 Å². The van der Waals surface area contributed by atoms with Gasteiger partial charge in [-0.25, -0.2) is 4.79 Å². The van der Waals surface area contributed by atoms with Crippen molar-refractivity contribution in [1.29, 1.82) is 0 Å². The van der Waals surface area contributed by atoms with Crippen molar-refractivity contribution in [2.45, 2.75) is 13.0 Å². The minimum Gasteiger partial charge on any atom is -0.311 e. The molecule has 1 aromatic heterocycles. The van der Waals surface area contributed by atoms with Gasteiger partial charge in [0.05, 0.1) is 0 Å². The molecule has 1 rings (SSSR count). The summed E-state index contributed by atoms with van der Waals surface area (Å²) in [6.45, 7) is -0.102. The molecule has 0 fully saturated rings. The molecule has 0 aliphatic carbocycles. The van der Waals surface area contributed by atoms with Gasteiger partial charge in [-0.3, -0.25) is 9.36 Å². The maximum Gasteiger partial charge on any atom is 0.328 e. The van der Waals surface area contributed by atoms with Crippen molar-refractivity contribution >= 4 is 6.29 Å². The van der Waals surface area contributed by atoms with E-state index in [1.807, 2.05) is 4.98 Å². The van der Waals surface area contributed by atoms with Crippen LogP contribution in [0.2, 0.25) is 0 Å². The minimum atomic E-state index is -1.04. The first kappa shape index (κ1) is 9.37. The van der Waals surface area contributed by atoms with E-state index in [9.17, 15) is 18.8 Å². The summed E-state index contributed by atoms with van der Waals surface area (Å²) in [6, 6.07) is 0. The molecule has 0 aliphatic rings. The summed E-state index contributed by atoms with van der Waals surface area (Å²) in [6.07, 6.45) is 1.26. The van der Waals surface area contributed by atoms with Crippen LogP contribution in [0.4, 0.5) is 4.39 Å². The third kappa shape index (κ3) is 1.90.